The molecule has 0 aliphatic heterocycles. The summed E-state index contributed by atoms with van der Waals surface area (Å²) in [6.45, 7) is 1.92. The third-order valence-electron chi connectivity index (χ3n) is 6.97. The van der Waals surface area contributed by atoms with E-state index >= 15 is 0 Å². The van der Waals surface area contributed by atoms with E-state index in [0.717, 1.165) is 48.3 Å². The van der Waals surface area contributed by atoms with E-state index < -0.39 is 0 Å². The zero-order valence-corrected chi connectivity index (χ0v) is 14.7. The normalized spacial score (nSPS) is 32.9. The van der Waals surface area contributed by atoms with Gasteiger partial charge in [0.25, 0.3) is 0 Å². The van der Waals surface area contributed by atoms with Gasteiger partial charge in [-0.2, -0.15) is 0 Å². The van der Waals surface area contributed by atoms with Crippen molar-refractivity contribution in [3.8, 4) is 17.0 Å². The predicted octanol–water partition coefficient (Wildman–Crippen LogP) is 5.09. The van der Waals surface area contributed by atoms with Crippen molar-refractivity contribution in [2.75, 3.05) is 0 Å². The minimum atomic E-state index is -0.215. The smallest absolute Gasteiger partial charge is 0.174 e. The van der Waals surface area contributed by atoms with Crippen LogP contribution in [0.2, 0.25) is 0 Å². The van der Waals surface area contributed by atoms with Crippen LogP contribution in [0.15, 0.2) is 30.3 Å². The number of carbonyl (C=O) groups excluding carboxylic acids is 1. The molecule has 0 radical (unpaired) electrons. The van der Waals surface area contributed by atoms with Gasteiger partial charge in [-0.05, 0) is 63.2 Å². The average Bonchev–Trinajstić information content (AvgIpc) is 2.88. The molecule has 4 fully saturated rings. The Bertz CT molecular complexity index is 798. The molecule has 1 aromatic heterocycles. The number of carbonyl (C=O) groups is 1. The van der Waals surface area contributed by atoms with Crippen LogP contribution in [0, 0.1) is 30.1 Å². The van der Waals surface area contributed by atoms with Crippen molar-refractivity contribution >= 4 is 5.78 Å². The molecule has 4 saturated carbocycles. The van der Waals surface area contributed by atoms with E-state index in [1.165, 1.54) is 19.3 Å². The summed E-state index contributed by atoms with van der Waals surface area (Å²) in [5.74, 6) is 2.52. The van der Waals surface area contributed by atoms with Crippen molar-refractivity contribution in [1.29, 1.82) is 0 Å². The quantitative estimate of drug-likeness (QED) is 0.767. The number of rotatable bonds is 3. The molecule has 1 aromatic carbocycles. The maximum atomic E-state index is 13.6. The molecular weight excluding hydrogens is 310 g/mol. The summed E-state index contributed by atoms with van der Waals surface area (Å²) in [6.07, 6.45) is 7.05. The lowest BCUT2D eigenvalue weighted by atomic mass is 9.48. The van der Waals surface area contributed by atoms with E-state index in [4.69, 9.17) is 0 Å². The molecule has 4 aliphatic carbocycles. The highest BCUT2D eigenvalue weighted by molar-refractivity contribution is 6.05. The number of aromatic hydroxyl groups is 1. The Balaban J connectivity index is 1.56. The van der Waals surface area contributed by atoms with Gasteiger partial charge < -0.3 is 10.1 Å². The van der Waals surface area contributed by atoms with Crippen molar-refractivity contribution in [1.82, 2.24) is 4.98 Å². The number of hydrogen-bond donors (Lipinski definition) is 2. The fourth-order valence-corrected chi connectivity index (χ4v) is 6.36. The number of aryl methyl sites for hydroxylation is 1. The maximum Gasteiger partial charge on any atom is 0.174 e. The highest BCUT2D eigenvalue weighted by Gasteiger charge is 2.55. The lowest BCUT2D eigenvalue weighted by molar-refractivity contribution is -0.0354. The molecule has 4 aliphatic rings. The molecule has 0 spiro atoms. The molecule has 6 rings (SSSR count). The average molecular weight is 335 g/mol. The van der Waals surface area contributed by atoms with Crippen LogP contribution in [0.1, 0.15) is 54.6 Å². The van der Waals surface area contributed by atoms with E-state index in [0.29, 0.717) is 11.3 Å². The van der Waals surface area contributed by atoms with E-state index in [2.05, 4.69) is 4.98 Å². The number of aromatic nitrogens is 1. The van der Waals surface area contributed by atoms with Gasteiger partial charge >= 0.3 is 0 Å². The molecule has 3 nitrogen and oxygen atoms in total. The molecule has 0 unspecified atom stereocenters. The summed E-state index contributed by atoms with van der Waals surface area (Å²) < 4.78 is 0. The van der Waals surface area contributed by atoms with E-state index in [1.807, 2.05) is 37.3 Å². The Kier molecular flexibility index (Phi) is 3.19. The Hall–Kier alpha value is -2.03. The highest BCUT2D eigenvalue weighted by Crippen LogP contribution is 2.61. The Morgan fingerprint density at radius 3 is 2.16 bits per heavy atom. The monoisotopic (exact) mass is 335 g/mol. The first-order valence-corrected chi connectivity index (χ1v) is 9.57. The third-order valence-corrected chi connectivity index (χ3v) is 6.97. The van der Waals surface area contributed by atoms with Crippen molar-refractivity contribution < 1.29 is 9.90 Å². The fourth-order valence-electron chi connectivity index (χ4n) is 6.36. The van der Waals surface area contributed by atoms with Gasteiger partial charge in [-0.3, -0.25) is 4.79 Å². The van der Waals surface area contributed by atoms with E-state index in [9.17, 15) is 9.90 Å². The van der Waals surface area contributed by atoms with Crippen LogP contribution in [-0.4, -0.2) is 15.9 Å². The number of H-pyrrole nitrogens is 1. The van der Waals surface area contributed by atoms with Gasteiger partial charge in [0.2, 0.25) is 0 Å². The molecule has 0 saturated heterocycles. The number of benzene rings is 1. The molecule has 0 atom stereocenters. The molecule has 130 valence electrons. The number of aromatic amines is 1. The zero-order valence-electron chi connectivity index (χ0n) is 14.7. The number of hydrogen-bond acceptors (Lipinski definition) is 2. The number of Topliss-reactive ketones (excluding diaryl/α,β-unsaturated/α-hetero) is 1. The molecule has 4 bridgehead atoms. The van der Waals surface area contributed by atoms with Crippen molar-refractivity contribution in [3.63, 3.8) is 0 Å². The number of nitrogens with one attached hydrogen (secondary N) is 1. The summed E-state index contributed by atoms with van der Waals surface area (Å²) in [5, 5.41) is 10.9. The molecule has 2 N–H and O–H groups in total. The van der Waals surface area contributed by atoms with Gasteiger partial charge in [0.05, 0.1) is 11.3 Å². The number of ketones is 1. The second kappa shape index (κ2) is 5.23. The van der Waals surface area contributed by atoms with Crippen LogP contribution in [-0.2, 0) is 0 Å². The third kappa shape index (κ3) is 2.21. The lowest BCUT2D eigenvalue weighted by Gasteiger charge is -2.55. The zero-order chi connectivity index (χ0) is 17.2. The first-order chi connectivity index (χ1) is 12.1. The van der Waals surface area contributed by atoms with Crippen LogP contribution < -0.4 is 0 Å². The summed E-state index contributed by atoms with van der Waals surface area (Å²) in [6, 6.07) is 9.78. The minimum absolute atomic E-state index is 0.143. The van der Waals surface area contributed by atoms with Crippen LogP contribution in [0.3, 0.4) is 0 Å². The summed E-state index contributed by atoms with van der Waals surface area (Å²) in [5.41, 5.74) is 2.73. The van der Waals surface area contributed by atoms with E-state index in [-0.39, 0.29) is 16.9 Å². The standard InChI is InChI=1S/C22H25NO2/c1-13-18(20(24)19(23-13)17-5-3-2-4-6-17)21(25)22-10-14-7-15(11-22)9-16(8-14)12-22/h2-6,14-16,23-24H,7-12H2,1H3. The lowest BCUT2D eigenvalue weighted by Crippen LogP contribution is -2.50. The summed E-state index contributed by atoms with van der Waals surface area (Å²) >= 11 is 0. The van der Waals surface area contributed by atoms with Gasteiger partial charge in [0, 0.05) is 16.7 Å². The second-order valence-corrected chi connectivity index (χ2v) is 8.74. The fraction of sp³-hybridized carbons (Fsp3) is 0.500. The molecular formula is C22H25NO2. The van der Waals surface area contributed by atoms with Crippen LogP contribution in [0.5, 0.6) is 5.75 Å². The van der Waals surface area contributed by atoms with Gasteiger partial charge in [-0.15, -0.1) is 0 Å². The minimum Gasteiger partial charge on any atom is -0.505 e. The summed E-state index contributed by atoms with van der Waals surface area (Å²) in [7, 11) is 0. The first kappa shape index (κ1) is 15.2. The van der Waals surface area contributed by atoms with E-state index in [1.54, 1.807) is 0 Å². The van der Waals surface area contributed by atoms with Crippen LogP contribution in [0.25, 0.3) is 11.3 Å². The summed E-state index contributed by atoms with van der Waals surface area (Å²) in [4.78, 5) is 16.9. The molecule has 3 heteroatoms. The second-order valence-electron chi connectivity index (χ2n) is 8.74. The maximum absolute atomic E-state index is 13.6. The van der Waals surface area contributed by atoms with Crippen molar-refractivity contribution in [2.24, 2.45) is 23.2 Å². The predicted molar refractivity (Wildman–Crippen MR) is 97.6 cm³/mol. The SMILES string of the molecule is Cc1[nH]c(-c2ccccc2)c(O)c1C(=O)C12CC3CC(CC(C3)C1)C2. The van der Waals surface area contributed by atoms with Crippen LogP contribution in [0.4, 0.5) is 0 Å². The Morgan fingerprint density at radius 2 is 1.60 bits per heavy atom. The first-order valence-electron chi connectivity index (χ1n) is 9.57. The molecule has 0 amide bonds. The van der Waals surface area contributed by atoms with Gasteiger partial charge in [0.15, 0.2) is 11.5 Å². The van der Waals surface area contributed by atoms with Gasteiger partial charge in [0.1, 0.15) is 0 Å². The van der Waals surface area contributed by atoms with Crippen molar-refractivity contribution in [3.05, 3.63) is 41.6 Å². The Labute approximate surface area is 148 Å². The molecule has 25 heavy (non-hydrogen) atoms. The largest absolute Gasteiger partial charge is 0.505 e. The Morgan fingerprint density at radius 1 is 1.04 bits per heavy atom. The van der Waals surface area contributed by atoms with Gasteiger partial charge in [-0.25, -0.2) is 0 Å². The van der Waals surface area contributed by atoms with Crippen LogP contribution >= 0.6 is 0 Å². The van der Waals surface area contributed by atoms with Gasteiger partial charge in [-0.1, -0.05) is 30.3 Å². The molecule has 2 aromatic rings. The highest BCUT2D eigenvalue weighted by atomic mass is 16.3. The molecule has 1 heterocycles. The topological polar surface area (TPSA) is 53.1 Å². The van der Waals surface area contributed by atoms with Crippen molar-refractivity contribution in [2.45, 2.75) is 45.4 Å².